The molecule has 3 atom stereocenters. The molecule has 0 aliphatic carbocycles. The highest BCUT2D eigenvalue weighted by Gasteiger charge is 2.46. The van der Waals surface area contributed by atoms with E-state index >= 15 is 0 Å². The lowest BCUT2D eigenvalue weighted by Crippen LogP contribution is -2.47. The van der Waals surface area contributed by atoms with Crippen molar-refractivity contribution in [3.63, 3.8) is 0 Å². The van der Waals surface area contributed by atoms with Crippen molar-refractivity contribution >= 4 is 10.2 Å². The molecule has 3 heterocycles. The van der Waals surface area contributed by atoms with Gasteiger partial charge in [0, 0.05) is 27.6 Å². The molecule has 118 valence electrons. The summed E-state index contributed by atoms with van der Waals surface area (Å²) in [5.74, 6) is 0.999. The second kappa shape index (κ2) is 5.31. The van der Waals surface area contributed by atoms with Crippen molar-refractivity contribution in [1.82, 2.24) is 18.8 Å². The first kappa shape index (κ1) is 14.9. The normalized spacial score (nSPS) is 30.8. The van der Waals surface area contributed by atoms with E-state index in [9.17, 15) is 8.42 Å². The Morgan fingerprint density at radius 2 is 2.00 bits per heavy atom. The number of ether oxygens (including phenoxy) is 1. The van der Waals surface area contributed by atoms with Gasteiger partial charge < -0.3 is 9.15 Å². The Labute approximate surface area is 124 Å². The van der Waals surface area contributed by atoms with Crippen LogP contribution in [0.25, 0.3) is 0 Å². The van der Waals surface area contributed by atoms with Gasteiger partial charge in [0.05, 0.1) is 12.1 Å². The van der Waals surface area contributed by atoms with Crippen molar-refractivity contribution in [2.75, 3.05) is 20.6 Å². The minimum Gasteiger partial charge on any atom is -0.423 e. The highest BCUT2D eigenvalue weighted by atomic mass is 32.2. The van der Waals surface area contributed by atoms with Crippen molar-refractivity contribution in [2.24, 2.45) is 0 Å². The van der Waals surface area contributed by atoms with Crippen LogP contribution in [-0.2, 0) is 14.9 Å². The van der Waals surface area contributed by atoms with Crippen molar-refractivity contribution in [3.8, 4) is 0 Å². The first-order valence-corrected chi connectivity index (χ1v) is 8.44. The molecule has 0 amide bonds. The van der Waals surface area contributed by atoms with Gasteiger partial charge in [-0.25, -0.2) is 0 Å². The van der Waals surface area contributed by atoms with Gasteiger partial charge in [-0.15, -0.1) is 10.2 Å². The molecule has 3 rings (SSSR count). The lowest BCUT2D eigenvalue weighted by Gasteiger charge is -2.35. The van der Waals surface area contributed by atoms with E-state index in [-0.39, 0.29) is 18.2 Å². The maximum Gasteiger partial charge on any atom is 0.281 e. The lowest BCUT2D eigenvalue weighted by atomic mass is 10.00. The van der Waals surface area contributed by atoms with Crippen molar-refractivity contribution in [2.45, 2.75) is 44.4 Å². The van der Waals surface area contributed by atoms with Crippen LogP contribution in [0.4, 0.5) is 0 Å². The molecule has 2 aliphatic heterocycles. The first-order valence-electron chi connectivity index (χ1n) is 7.04. The molecular weight excluding hydrogens is 296 g/mol. The molecule has 0 saturated carbocycles. The van der Waals surface area contributed by atoms with Gasteiger partial charge in [0.1, 0.15) is 6.10 Å². The Bertz CT molecular complexity index is 615. The third-order valence-electron chi connectivity index (χ3n) is 4.07. The van der Waals surface area contributed by atoms with Crippen LogP contribution in [0.15, 0.2) is 4.42 Å². The second-order valence-electron chi connectivity index (χ2n) is 5.66. The number of hydrogen-bond donors (Lipinski definition) is 0. The van der Waals surface area contributed by atoms with Gasteiger partial charge >= 0.3 is 0 Å². The third kappa shape index (κ3) is 2.59. The summed E-state index contributed by atoms with van der Waals surface area (Å²) in [6.45, 7) is 2.23. The Balaban J connectivity index is 1.73. The maximum absolute atomic E-state index is 12.3. The van der Waals surface area contributed by atoms with Gasteiger partial charge in [-0.1, -0.05) is 0 Å². The average Bonchev–Trinajstić information content (AvgIpc) is 3.03. The molecule has 1 aromatic rings. The fraction of sp³-hybridized carbons (Fsp3) is 0.833. The number of rotatable bonds is 3. The highest BCUT2D eigenvalue weighted by molar-refractivity contribution is 7.86. The van der Waals surface area contributed by atoms with E-state index in [1.165, 1.54) is 4.31 Å². The monoisotopic (exact) mass is 316 g/mol. The SMILES string of the molecule is Cc1nnc([C@H]2CC[C@H]3[C@H](CCN3S(=O)(=O)N(C)C)O2)o1. The zero-order chi connectivity index (χ0) is 15.2. The quantitative estimate of drug-likeness (QED) is 0.806. The van der Waals surface area contributed by atoms with E-state index < -0.39 is 10.2 Å². The predicted octanol–water partition coefficient (Wildman–Crippen LogP) is 0.479. The Hall–Kier alpha value is -1.03. The van der Waals surface area contributed by atoms with Crippen LogP contribution in [0, 0.1) is 6.92 Å². The van der Waals surface area contributed by atoms with E-state index in [1.807, 2.05) is 0 Å². The number of fused-ring (bicyclic) bond motifs is 1. The molecule has 2 aliphatic rings. The molecule has 0 N–H and O–H groups in total. The van der Waals surface area contributed by atoms with Gasteiger partial charge in [0.2, 0.25) is 11.8 Å². The van der Waals surface area contributed by atoms with Crippen LogP contribution in [0.3, 0.4) is 0 Å². The summed E-state index contributed by atoms with van der Waals surface area (Å²) in [5.41, 5.74) is 0. The molecule has 9 heteroatoms. The summed E-state index contributed by atoms with van der Waals surface area (Å²) in [5, 5.41) is 7.81. The first-order chi connectivity index (χ1) is 9.89. The summed E-state index contributed by atoms with van der Waals surface area (Å²) >= 11 is 0. The Morgan fingerprint density at radius 3 is 2.62 bits per heavy atom. The molecular formula is C12H20N4O4S. The predicted molar refractivity (Wildman–Crippen MR) is 73.6 cm³/mol. The zero-order valence-corrected chi connectivity index (χ0v) is 13.2. The molecule has 0 unspecified atom stereocenters. The molecule has 21 heavy (non-hydrogen) atoms. The van der Waals surface area contributed by atoms with Crippen molar-refractivity contribution in [3.05, 3.63) is 11.8 Å². The highest BCUT2D eigenvalue weighted by Crippen LogP contribution is 2.38. The molecule has 2 fully saturated rings. The van der Waals surface area contributed by atoms with Crippen LogP contribution in [0.2, 0.25) is 0 Å². The zero-order valence-electron chi connectivity index (χ0n) is 12.4. The summed E-state index contributed by atoms with van der Waals surface area (Å²) in [7, 11) is -0.286. The number of hydrogen-bond acceptors (Lipinski definition) is 6. The summed E-state index contributed by atoms with van der Waals surface area (Å²) in [6.07, 6.45) is 1.79. The van der Waals surface area contributed by atoms with Crippen molar-refractivity contribution < 1.29 is 17.6 Å². The van der Waals surface area contributed by atoms with E-state index in [0.717, 1.165) is 6.42 Å². The summed E-state index contributed by atoms with van der Waals surface area (Å²) in [4.78, 5) is 0. The van der Waals surface area contributed by atoms with Gasteiger partial charge in [-0.05, 0) is 19.3 Å². The van der Waals surface area contributed by atoms with Crippen LogP contribution in [0.5, 0.6) is 0 Å². The fourth-order valence-electron chi connectivity index (χ4n) is 3.01. The molecule has 0 spiro atoms. The van der Waals surface area contributed by atoms with E-state index in [2.05, 4.69) is 10.2 Å². The molecule has 0 bridgehead atoms. The molecule has 2 saturated heterocycles. The Kier molecular flexibility index (Phi) is 3.76. The van der Waals surface area contributed by atoms with E-state index in [1.54, 1.807) is 25.3 Å². The van der Waals surface area contributed by atoms with Crippen LogP contribution in [-0.4, -0.2) is 60.0 Å². The molecule has 0 aromatic carbocycles. The molecule has 0 radical (unpaired) electrons. The van der Waals surface area contributed by atoms with Crippen molar-refractivity contribution in [1.29, 1.82) is 0 Å². The van der Waals surface area contributed by atoms with Gasteiger partial charge in [-0.2, -0.15) is 17.0 Å². The van der Waals surface area contributed by atoms with E-state index in [4.69, 9.17) is 9.15 Å². The standard InChI is InChI=1S/C12H20N4O4S/c1-8-13-14-12(19-8)11-5-4-9-10(20-11)6-7-16(9)21(17,18)15(2)3/h9-11H,4-7H2,1-3H3/t9-,10-,11+/m0/s1. The topological polar surface area (TPSA) is 88.8 Å². The largest absolute Gasteiger partial charge is 0.423 e. The fourth-order valence-corrected chi connectivity index (χ4v) is 4.35. The molecule has 1 aromatic heterocycles. The lowest BCUT2D eigenvalue weighted by molar-refractivity contribution is -0.0741. The average molecular weight is 316 g/mol. The smallest absolute Gasteiger partial charge is 0.281 e. The van der Waals surface area contributed by atoms with Crippen LogP contribution >= 0.6 is 0 Å². The molecule has 8 nitrogen and oxygen atoms in total. The summed E-state index contributed by atoms with van der Waals surface area (Å²) < 4.78 is 38.8. The third-order valence-corrected chi connectivity index (χ3v) is 6.04. The Morgan fingerprint density at radius 1 is 1.24 bits per heavy atom. The number of aromatic nitrogens is 2. The van der Waals surface area contributed by atoms with Gasteiger partial charge in [-0.3, -0.25) is 0 Å². The van der Waals surface area contributed by atoms with Gasteiger partial charge in [0.25, 0.3) is 10.2 Å². The summed E-state index contributed by atoms with van der Waals surface area (Å²) in [6, 6.07) is -0.0994. The second-order valence-corrected chi connectivity index (χ2v) is 7.75. The van der Waals surface area contributed by atoms with E-state index in [0.29, 0.717) is 31.2 Å². The minimum atomic E-state index is -3.39. The number of aryl methyl sites for hydroxylation is 1. The maximum atomic E-state index is 12.3. The minimum absolute atomic E-state index is 0.0994. The van der Waals surface area contributed by atoms with Gasteiger partial charge in [0.15, 0.2) is 0 Å². The number of nitrogens with zero attached hydrogens (tertiary/aromatic N) is 4. The van der Waals surface area contributed by atoms with Crippen LogP contribution in [0.1, 0.15) is 37.1 Å². The van der Waals surface area contributed by atoms with Crippen LogP contribution < -0.4 is 0 Å².